The first kappa shape index (κ1) is 15.1. The topological polar surface area (TPSA) is 72.2 Å². The van der Waals surface area contributed by atoms with Crippen LogP contribution in [0.4, 0.5) is 15.8 Å². The Morgan fingerprint density at radius 2 is 1.90 bits per heavy atom. The molecule has 106 valence electrons. The van der Waals surface area contributed by atoms with Crippen LogP contribution in [0.5, 0.6) is 0 Å². The van der Waals surface area contributed by atoms with E-state index < -0.39 is 20.7 Å². The zero-order valence-electron chi connectivity index (χ0n) is 9.90. The highest BCUT2D eigenvalue weighted by Gasteiger charge is 2.19. The van der Waals surface area contributed by atoms with Crippen LogP contribution >= 0.6 is 27.5 Å². The molecular weight excluding hydrogens is 371 g/mol. The second kappa shape index (κ2) is 5.59. The van der Waals surface area contributed by atoms with Gasteiger partial charge in [-0.1, -0.05) is 11.6 Å². The summed E-state index contributed by atoms with van der Waals surface area (Å²) >= 11 is 9.06. The van der Waals surface area contributed by atoms with E-state index in [0.29, 0.717) is 9.50 Å². The minimum absolute atomic E-state index is 0.146. The lowest BCUT2D eigenvalue weighted by Gasteiger charge is -2.10. The van der Waals surface area contributed by atoms with Gasteiger partial charge in [0.2, 0.25) is 0 Å². The normalized spacial score (nSPS) is 11.3. The van der Waals surface area contributed by atoms with Gasteiger partial charge in [0.25, 0.3) is 10.0 Å². The molecule has 0 saturated carbocycles. The molecule has 0 aromatic heterocycles. The number of nitrogens with one attached hydrogen (secondary N) is 1. The Labute approximate surface area is 128 Å². The maximum absolute atomic E-state index is 13.7. The number of nitrogen functional groups attached to an aromatic ring is 1. The van der Waals surface area contributed by atoms with Crippen LogP contribution < -0.4 is 10.5 Å². The van der Waals surface area contributed by atoms with Crippen molar-refractivity contribution in [2.24, 2.45) is 0 Å². The van der Waals surface area contributed by atoms with Gasteiger partial charge in [-0.25, -0.2) is 12.8 Å². The molecule has 8 heteroatoms. The average Bonchev–Trinajstić information content (AvgIpc) is 2.33. The van der Waals surface area contributed by atoms with Gasteiger partial charge >= 0.3 is 0 Å². The Bertz CT molecular complexity index is 768. The van der Waals surface area contributed by atoms with E-state index in [4.69, 9.17) is 17.3 Å². The summed E-state index contributed by atoms with van der Waals surface area (Å²) < 4.78 is 40.7. The number of halogens is 3. The van der Waals surface area contributed by atoms with Gasteiger partial charge in [0.15, 0.2) is 0 Å². The number of benzene rings is 2. The zero-order chi connectivity index (χ0) is 14.9. The standard InChI is InChI=1S/C12H9BrClFN2O2S/c13-9-3-2-8(6-10(9)14)17-20(18,19)12-4-1-7(16)5-11(12)15/h1-6,17H,16H2. The van der Waals surface area contributed by atoms with E-state index in [9.17, 15) is 12.8 Å². The van der Waals surface area contributed by atoms with Gasteiger partial charge in [-0.3, -0.25) is 4.72 Å². The van der Waals surface area contributed by atoms with Gasteiger partial charge in [0.05, 0.1) is 10.7 Å². The van der Waals surface area contributed by atoms with E-state index in [1.807, 2.05) is 0 Å². The molecule has 0 heterocycles. The van der Waals surface area contributed by atoms with Gasteiger partial charge in [-0.05, 0) is 52.3 Å². The van der Waals surface area contributed by atoms with Crippen LogP contribution in [0.25, 0.3) is 0 Å². The van der Waals surface area contributed by atoms with Crippen molar-refractivity contribution in [3.8, 4) is 0 Å². The van der Waals surface area contributed by atoms with E-state index in [1.165, 1.54) is 18.2 Å². The van der Waals surface area contributed by atoms with Crippen molar-refractivity contribution in [2.45, 2.75) is 4.90 Å². The third kappa shape index (κ3) is 3.23. The summed E-state index contributed by atoms with van der Waals surface area (Å²) in [6.45, 7) is 0. The molecule has 0 bridgehead atoms. The molecule has 0 radical (unpaired) electrons. The minimum atomic E-state index is -4.04. The van der Waals surface area contributed by atoms with Crippen molar-refractivity contribution >= 4 is 48.9 Å². The first-order valence-electron chi connectivity index (χ1n) is 5.32. The fourth-order valence-corrected chi connectivity index (χ4v) is 3.04. The summed E-state index contributed by atoms with van der Waals surface area (Å²) in [6.07, 6.45) is 0. The predicted molar refractivity (Wildman–Crippen MR) is 80.8 cm³/mol. The maximum Gasteiger partial charge on any atom is 0.264 e. The van der Waals surface area contributed by atoms with E-state index in [2.05, 4.69) is 20.7 Å². The number of sulfonamides is 1. The second-order valence-corrected chi connectivity index (χ2v) is 6.84. The zero-order valence-corrected chi connectivity index (χ0v) is 13.1. The first-order valence-corrected chi connectivity index (χ1v) is 7.98. The van der Waals surface area contributed by atoms with Crippen LogP contribution in [-0.2, 0) is 10.0 Å². The number of hydrogen-bond donors (Lipinski definition) is 2. The monoisotopic (exact) mass is 378 g/mol. The van der Waals surface area contributed by atoms with E-state index in [1.54, 1.807) is 6.07 Å². The van der Waals surface area contributed by atoms with E-state index >= 15 is 0 Å². The minimum Gasteiger partial charge on any atom is -0.399 e. The molecule has 2 rings (SSSR count). The van der Waals surface area contributed by atoms with Gasteiger partial charge in [-0.15, -0.1) is 0 Å². The molecule has 20 heavy (non-hydrogen) atoms. The molecule has 0 amide bonds. The molecule has 0 spiro atoms. The molecule has 0 aliphatic rings. The van der Waals surface area contributed by atoms with Gasteiger partial charge in [0.1, 0.15) is 10.7 Å². The number of rotatable bonds is 3. The summed E-state index contributed by atoms with van der Waals surface area (Å²) in [5.41, 5.74) is 5.76. The molecule has 3 N–H and O–H groups in total. The highest BCUT2D eigenvalue weighted by atomic mass is 79.9. The highest BCUT2D eigenvalue weighted by Crippen LogP contribution is 2.27. The highest BCUT2D eigenvalue weighted by molar-refractivity contribution is 9.10. The van der Waals surface area contributed by atoms with E-state index in [0.717, 1.165) is 12.1 Å². The molecule has 0 atom stereocenters. The molecule has 0 aliphatic heterocycles. The number of anilines is 2. The van der Waals surface area contributed by atoms with Crippen molar-refractivity contribution < 1.29 is 12.8 Å². The lowest BCUT2D eigenvalue weighted by molar-refractivity contribution is 0.571. The molecule has 4 nitrogen and oxygen atoms in total. The quantitative estimate of drug-likeness (QED) is 0.800. The second-order valence-electron chi connectivity index (χ2n) is 3.92. The number of hydrogen-bond acceptors (Lipinski definition) is 3. The van der Waals surface area contributed by atoms with E-state index in [-0.39, 0.29) is 11.4 Å². The van der Waals surface area contributed by atoms with Crippen LogP contribution in [0.2, 0.25) is 5.02 Å². The summed E-state index contributed by atoms with van der Waals surface area (Å²) in [7, 11) is -4.04. The molecule has 0 fully saturated rings. The molecule has 0 aliphatic carbocycles. The third-order valence-corrected chi connectivity index (χ3v) is 5.06. The average molecular weight is 380 g/mol. The lowest BCUT2D eigenvalue weighted by Crippen LogP contribution is -2.14. The fraction of sp³-hybridized carbons (Fsp3) is 0. The number of nitrogens with two attached hydrogens (primary N) is 1. The molecule has 2 aromatic rings. The van der Waals surface area contributed by atoms with Crippen LogP contribution in [-0.4, -0.2) is 8.42 Å². The maximum atomic E-state index is 13.7. The molecular formula is C12H9BrClFN2O2S. The molecule has 0 unspecified atom stereocenters. The van der Waals surface area contributed by atoms with Crippen molar-refractivity contribution in [3.05, 3.63) is 51.7 Å². The van der Waals surface area contributed by atoms with Crippen LogP contribution in [0.1, 0.15) is 0 Å². The molecule has 0 saturated heterocycles. The van der Waals surface area contributed by atoms with Crippen LogP contribution in [0.15, 0.2) is 45.8 Å². The summed E-state index contributed by atoms with van der Waals surface area (Å²) in [5.74, 6) is -0.916. The third-order valence-electron chi connectivity index (χ3n) is 2.42. The smallest absolute Gasteiger partial charge is 0.264 e. The van der Waals surface area contributed by atoms with Crippen LogP contribution in [0.3, 0.4) is 0 Å². The Morgan fingerprint density at radius 3 is 2.50 bits per heavy atom. The Morgan fingerprint density at radius 1 is 1.20 bits per heavy atom. The summed E-state index contributed by atoms with van der Waals surface area (Å²) in [6, 6.07) is 7.86. The van der Waals surface area contributed by atoms with Crippen molar-refractivity contribution in [1.82, 2.24) is 0 Å². The Kier molecular flexibility index (Phi) is 4.22. The SMILES string of the molecule is Nc1ccc(S(=O)(=O)Nc2ccc(Br)c(Cl)c2)c(F)c1. The predicted octanol–water partition coefficient (Wildman–Crippen LogP) is 3.62. The fourth-order valence-electron chi connectivity index (χ4n) is 1.50. The van der Waals surface area contributed by atoms with Crippen LogP contribution in [0, 0.1) is 5.82 Å². The first-order chi connectivity index (χ1) is 9.29. The van der Waals surface area contributed by atoms with Crippen molar-refractivity contribution in [1.29, 1.82) is 0 Å². The van der Waals surface area contributed by atoms with Gasteiger partial charge in [0, 0.05) is 10.2 Å². The Balaban J connectivity index is 2.38. The lowest BCUT2D eigenvalue weighted by atomic mass is 10.3. The van der Waals surface area contributed by atoms with Gasteiger partial charge in [-0.2, -0.15) is 0 Å². The molecule has 2 aromatic carbocycles. The van der Waals surface area contributed by atoms with Crippen molar-refractivity contribution in [2.75, 3.05) is 10.5 Å². The Hall–Kier alpha value is -1.31. The largest absolute Gasteiger partial charge is 0.399 e. The summed E-state index contributed by atoms with van der Waals surface area (Å²) in [4.78, 5) is -0.481. The van der Waals surface area contributed by atoms with Gasteiger partial charge < -0.3 is 5.73 Å². The van der Waals surface area contributed by atoms with Crippen molar-refractivity contribution in [3.63, 3.8) is 0 Å². The summed E-state index contributed by atoms with van der Waals surface area (Å²) in [5, 5.41) is 0.336.